The molecule has 0 aliphatic rings. The second-order valence-corrected chi connectivity index (χ2v) is 10.2. The zero-order chi connectivity index (χ0) is 26.3. The highest BCUT2D eigenvalue weighted by atomic mass is 17.2. The first-order chi connectivity index (χ1) is 17.1. The minimum absolute atomic E-state index is 0.383. The standard InChI is InChI=1S/C31H36O5/c1-6-25(22-16-10-7-11-17-22)26(27(28(32)33)30(2,3)23-18-12-8-13-19-23)29(34)35-36-31(4,5)24-20-14-9-15-21-24/h7-21,25-27H,6H2,1-5H3,(H,32,33). The van der Waals surface area contributed by atoms with Crippen molar-refractivity contribution >= 4 is 11.9 Å². The first kappa shape index (κ1) is 27.2. The van der Waals surface area contributed by atoms with Crippen molar-refractivity contribution < 1.29 is 24.5 Å². The average molecular weight is 489 g/mol. The molecule has 36 heavy (non-hydrogen) atoms. The Morgan fingerprint density at radius 2 is 1.25 bits per heavy atom. The lowest BCUT2D eigenvalue weighted by molar-refractivity contribution is -0.333. The van der Waals surface area contributed by atoms with E-state index in [1.165, 1.54) is 0 Å². The molecule has 1 N–H and O–H groups in total. The van der Waals surface area contributed by atoms with Crippen LogP contribution in [-0.4, -0.2) is 17.0 Å². The predicted molar refractivity (Wildman–Crippen MR) is 140 cm³/mol. The van der Waals surface area contributed by atoms with Gasteiger partial charge in [0.25, 0.3) is 0 Å². The van der Waals surface area contributed by atoms with E-state index in [1.54, 1.807) is 0 Å². The van der Waals surface area contributed by atoms with Crippen LogP contribution in [0.25, 0.3) is 0 Å². The fraction of sp³-hybridized carbons (Fsp3) is 0.355. The third kappa shape index (κ3) is 6.03. The zero-order valence-electron chi connectivity index (χ0n) is 21.7. The lowest BCUT2D eigenvalue weighted by Crippen LogP contribution is -2.46. The Kier molecular flexibility index (Phi) is 8.70. The summed E-state index contributed by atoms with van der Waals surface area (Å²) in [5.41, 5.74) is 0.782. The molecule has 0 heterocycles. The summed E-state index contributed by atoms with van der Waals surface area (Å²) in [4.78, 5) is 37.9. The van der Waals surface area contributed by atoms with E-state index in [9.17, 15) is 14.7 Å². The molecule has 0 bridgehead atoms. The van der Waals surface area contributed by atoms with Gasteiger partial charge in [0.2, 0.25) is 0 Å². The highest BCUT2D eigenvalue weighted by Gasteiger charge is 2.50. The fourth-order valence-corrected chi connectivity index (χ4v) is 4.98. The number of rotatable bonds is 11. The lowest BCUT2D eigenvalue weighted by atomic mass is 9.63. The summed E-state index contributed by atoms with van der Waals surface area (Å²) in [5, 5.41) is 10.5. The Morgan fingerprint density at radius 3 is 1.72 bits per heavy atom. The van der Waals surface area contributed by atoms with Crippen LogP contribution in [-0.2, 0) is 30.4 Å². The van der Waals surface area contributed by atoms with Gasteiger partial charge in [-0.1, -0.05) is 112 Å². The van der Waals surface area contributed by atoms with Crippen molar-refractivity contribution in [2.75, 3.05) is 0 Å². The van der Waals surface area contributed by atoms with Crippen LogP contribution in [0, 0.1) is 11.8 Å². The summed E-state index contributed by atoms with van der Waals surface area (Å²) in [6.45, 7) is 9.31. The average Bonchev–Trinajstić information content (AvgIpc) is 2.88. The summed E-state index contributed by atoms with van der Waals surface area (Å²) in [6, 6.07) is 28.4. The van der Waals surface area contributed by atoms with Gasteiger partial charge >= 0.3 is 11.9 Å². The largest absolute Gasteiger partial charge is 0.481 e. The molecule has 0 aliphatic carbocycles. The number of benzene rings is 3. The number of carbonyl (C=O) groups is 2. The van der Waals surface area contributed by atoms with Crippen molar-refractivity contribution in [3.8, 4) is 0 Å². The van der Waals surface area contributed by atoms with Gasteiger partial charge in [0.15, 0.2) is 0 Å². The number of aliphatic carboxylic acids is 1. The Morgan fingerprint density at radius 1 is 0.778 bits per heavy atom. The van der Waals surface area contributed by atoms with Crippen molar-refractivity contribution in [2.45, 2.75) is 58.0 Å². The molecule has 0 aromatic heterocycles. The monoisotopic (exact) mass is 488 g/mol. The molecule has 0 spiro atoms. The second kappa shape index (κ2) is 11.5. The van der Waals surface area contributed by atoms with E-state index in [1.807, 2.05) is 126 Å². The lowest BCUT2D eigenvalue weighted by Gasteiger charge is -2.39. The number of carboxylic acid groups (broad SMARTS) is 1. The van der Waals surface area contributed by atoms with Crippen LogP contribution in [0.15, 0.2) is 91.0 Å². The molecule has 3 atom stereocenters. The maximum absolute atomic E-state index is 13.8. The SMILES string of the molecule is CCC(c1ccccc1)C(C(=O)OOC(C)(C)c1ccccc1)C(C(=O)O)C(C)(C)c1ccccc1. The fourth-order valence-electron chi connectivity index (χ4n) is 4.98. The summed E-state index contributed by atoms with van der Waals surface area (Å²) in [5.74, 6) is -4.18. The molecule has 5 nitrogen and oxygen atoms in total. The highest BCUT2D eigenvalue weighted by molar-refractivity contribution is 5.83. The van der Waals surface area contributed by atoms with Crippen molar-refractivity contribution in [1.82, 2.24) is 0 Å². The van der Waals surface area contributed by atoms with Crippen LogP contribution >= 0.6 is 0 Å². The molecule has 3 unspecified atom stereocenters. The van der Waals surface area contributed by atoms with Gasteiger partial charge < -0.3 is 5.11 Å². The third-order valence-corrected chi connectivity index (χ3v) is 7.09. The van der Waals surface area contributed by atoms with Gasteiger partial charge in [-0.05, 0) is 42.9 Å². The molecular weight excluding hydrogens is 452 g/mol. The Labute approximate surface area is 214 Å². The van der Waals surface area contributed by atoms with Crippen LogP contribution in [0.2, 0.25) is 0 Å². The van der Waals surface area contributed by atoms with Gasteiger partial charge in [0, 0.05) is 5.41 Å². The minimum atomic E-state index is -1.07. The van der Waals surface area contributed by atoms with Crippen molar-refractivity contribution in [3.63, 3.8) is 0 Å². The molecule has 0 radical (unpaired) electrons. The summed E-state index contributed by atoms with van der Waals surface area (Å²) in [7, 11) is 0. The van der Waals surface area contributed by atoms with E-state index in [4.69, 9.17) is 9.78 Å². The van der Waals surface area contributed by atoms with Gasteiger partial charge in [-0.2, -0.15) is 4.89 Å². The van der Waals surface area contributed by atoms with Gasteiger partial charge in [-0.25, -0.2) is 4.79 Å². The maximum atomic E-state index is 13.8. The van der Waals surface area contributed by atoms with Gasteiger partial charge in [-0.3, -0.25) is 9.68 Å². The molecule has 5 heteroatoms. The quantitative estimate of drug-likeness (QED) is 0.235. The van der Waals surface area contributed by atoms with E-state index in [-0.39, 0.29) is 5.92 Å². The van der Waals surface area contributed by atoms with Gasteiger partial charge in [0.1, 0.15) is 5.60 Å². The van der Waals surface area contributed by atoms with Crippen LogP contribution < -0.4 is 0 Å². The first-order valence-corrected chi connectivity index (χ1v) is 12.4. The van der Waals surface area contributed by atoms with Crippen molar-refractivity contribution in [2.24, 2.45) is 11.8 Å². The third-order valence-electron chi connectivity index (χ3n) is 7.09. The number of hydrogen-bond acceptors (Lipinski definition) is 4. The van der Waals surface area contributed by atoms with E-state index in [0.717, 1.165) is 16.7 Å². The number of hydrogen-bond donors (Lipinski definition) is 1. The van der Waals surface area contributed by atoms with Crippen molar-refractivity contribution in [3.05, 3.63) is 108 Å². The maximum Gasteiger partial charge on any atom is 0.346 e. The zero-order valence-corrected chi connectivity index (χ0v) is 21.7. The second-order valence-electron chi connectivity index (χ2n) is 10.2. The molecule has 0 amide bonds. The first-order valence-electron chi connectivity index (χ1n) is 12.4. The molecule has 0 saturated heterocycles. The molecule has 0 saturated carbocycles. The summed E-state index contributed by atoms with van der Waals surface area (Å²) >= 11 is 0. The van der Waals surface area contributed by atoms with Crippen molar-refractivity contribution in [1.29, 1.82) is 0 Å². The van der Waals surface area contributed by atoms with Gasteiger partial charge in [-0.15, -0.1) is 0 Å². The summed E-state index contributed by atoms with van der Waals surface area (Å²) in [6.07, 6.45) is 0.556. The molecule has 3 aromatic rings. The number of carbonyl (C=O) groups excluding carboxylic acids is 1. The topological polar surface area (TPSA) is 72.8 Å². The van der Waals surface area contributed by atoms with Crippen LogP contribution in [0.5, 0.6) is 0 Å². The Balaban J connectivity index is 2.03. The van der Waals surface area contributed by atoms with E-state index >= 15 is 0 Å². The molecule has 3 rings (SSSR count). The normalized spacial score (nSPS) is 14.5. The van der Waals surface area contributed by atoms with E-state index in [0.29, 0.717) is 6.42 Å². The minimum Gasteiger partial charge on any atom is -0.481 e. The Bertz CT molecular complexity index is 1120. The van der Waals surface area contributed by atoms with Crippen LogP contribution in [0.4, 0.5) is 0 Å². The molecule has 190 valence electrons. The van der Waals surface area contributed by atoms with Gasteiger partial charge in [0.05, 0.1) is 11.8 Å². The predicted octanol–water partition coefficient (Wildman–Crippen LogP) is 6.89. The molecule has 0 fully saturated rings. The smallest absolute Gasteiger partial charge is 0.346 e. The van der Waals surface area contributed by atoms with Crippen LogP contribution in [0.3, 0.4) is 0 Å². The Hall–Kier alpha value is -3.44. The van der Waals surface area contributed by atoms with E-state index in [2.05, 4.69) is 0 Å². The molecule has 3 aromatic carbocycles. The summed E-state index contributed by atoms with van der Waals surface area (Å²) < 4.78 is 0. The highest BCUT2D eigenvalue weighted by Crippen LogP contribution is 2.44. The van der Waals surface area contributed by atoms with Crippen LogP contribution in [0.1, 0.15) is 63.6 Å². The molecule has 0 aliphatic heterocycles. The number of carboxylic acids is 1. The van der Waals surface area contributed by atoms with E-state index < -0.39 is 34.8 Å². The molecular formula is C31H36O5.